The number of nitrogens with zero attached hydrogens (tertiary/aromatic N) is 3. The van der Waals surface area contributed by atoms with Crippen LogP contribution in [0.3, 0.4) is 0 Å². The van der Waals surface area contributed by atoms with E-state index < -0.39 is 0 Å². The molecule has 2 fully saturated rings. The fourth-order valence-corrected chi connectivity index (χ4v) is 4.14. The number of piperidine rings is 2. The zero-order valence-corrected chi connectivity index (χ0v) is 15.2. The summed E-state index contributed by atoms with van der Waals surface area (Å²) in [6.45, 7) is 8.43. The van der Waals surface area contributed by atoms with Crippen molar-refractivity contribution in [3.63, 3.8) is 0 Å². The first-order chi connectivity index (χ1) is 11.6. The number of pyridine rings is 1. The van der Waals surface area contributed by atoms with E-state index in [-0.39, 0.29) is 5.92 Å². The van der Waals surface area contributed by atoms with E-state index in [1.807, 2.05) is 18.5 Å². The quantitative estimate of drug-likeness (QED) is 0.852. The van der Waals surface area contributed by atoms with Crippen LogP contribution in [0.25, 0.3) is 0 Å². The SMILES string of the molecule is CC(C)N1CCCC(C(=O)N2CCC(Cc3cccnc3)CC2)C1. The van der Waals surface area contributed by atoms with Crippen molar-refractivity contribution in [2.75, 3.05) is 26.2 Å². The normalized spacial score (nSPS) is 23.6. The molecule has 0 aromatic carbocycles. The third-order valence-corrected chi connectivity index (χ3v) is 5.71. The van der Waals surface area contributed by atoms with Crippen LogP contribution in [-0.2, 0) is 11.2 Å². The lowest BCUT2D eigenvalue weighted by atomic mass is 9.89. The van der Waals surface area contributed by atoms with Gasteiger partial charge in [0.05, 0.1) is 5.92 Å². The van der Waals surface area contributed by atoms with Crippen molar-refractivity contribution in [1.82, 2.24) is 14.8 Å². The largest absolute Gasteiger partial charge is 0.342 e. The Kier molecular flexibility index (Phi) is 5.88. The Hall–Kier alpha value is -1.42. The molecule has 24 heavy (non-hydrogen) atoms. The number of hydrogen-bond donors (Lipinski definition) is 0. The van der Waals surface area contributed by atoms with Gasteiger partial charge in [-0.2, -0.15) is 0 Å². The molecule has 0 bridgehead atoms. The molecule has 1 atom stereocenters. The molecular formula is C20H31N3O. The molecule has 4 nitrogen and oxygen atoms in total. The predicted molar refractivity (Wildman–Crippen MR) is 96.7 cm³/mol. The molecule has 0 spiro atoms. The molecular weight excluding hydrogens is 298 g/mol. The molecule has 1 unspecified atom stereocenters. The number of likely N-dealkylation sites (tertiary alicyclic amines) is 2. The third-order valence-electron chi connectivity index (χ3n) is 5.71. The second kappa shape index (κ2) is 8.11. The molecule has 3 rings (SSSR count). The van der Waals surface area contributed by atoms with Gasteiger partial charge in [0.15, 0.2) is 0 Å². The first-order valence-corrected chi connectivity index (χ1v) is 9.55. The van der Waals surface area contributed by atoms with Gasteiger partial charge in [-0.1, -0.05) is 6.07 Å². The number of aromatic nitrogens is 1. The first-order valence-electron chi connectivity index (χ1n) is 9.55. The topological polar surface area (TPSA) is 36.4 Å². The van der Waals surface area contributed by atoms with E-state index in [4.69, 9.17) is 0 Å². The molecule has 1 aromatic heterocycles. The highest BCUT2D eigenvalue weighted by Crippen LogP contribution is 2.25. The summed E-state index contributed by atoms with van der Waals surface area (Å²) in [6.07, 6.45) is 9.38. The van der Waals surface area contributed by atoms with Crippen molar-refractivity contribution in [3.05, 3.63) is 30.1 Å². The summed E-state index contributed by atoms with van der Waals surface area (Å²) < 4.78 is 0. The lowest BCUT2D eigenvalue weighted by Gasteiger charge is -2.39. The van der Waals surface area contributed by atoms with Gasteiger partial charge in [0.2, 0.25) is 5.91 Å². The van der Waals surface area contributed by atoms with E-state index in [0.717, 1.165) is 58.3 Å². The standard InChI is InChI=1S/C20H31N3O/c1-16(2)23-10-4-6-19(15-23)20(24)22-11-7-17(8-12-22)13-18-5-3-9-21-14-18/h3,5,9,14,16-17,19H,4,6-8,10-13,15H2,1-2H3. The van der Waals surface area contributed by atoms with E-state index in [1.54, 1.807) is 0 Å². The van der Waals surface area contributed by atoms with Crippen molar-refractivity contribution in [2.24, 2.45) is 11.8 Å². The smallest absolute Gasteiger partial charge is 0.226 e. The third kappa shape index (κ3) is 4.35. The van der Waals surface area contributed by atoms with E-state index in [9.17, 15) is 4.79 Å². The van der Waals surface area contributed by atoms with Crippen LogP contribution in [0.4, 0.5) is 0 Å². The van der Waals surface area contributed by atoms with Crippen LogP contribution in [0.5, 0.6) is 0 Å². The number of carbonyl (C=O) groups is 1. The molecule has 2 aliphatic rings. The molecule has 132 valence electrons. The van der Waals surface area contributed by atoms with Gasteiger partial charge in [0.25, 0.3) is 0 Å². The zero-order valence-electron chi connectivity index (χ0n) is 15.2. The summed E-state index contributed by atoms with van der Waals surface area (Å²) in [5.41, 5.74) is 1.32. The van der Waals surface area contributed by atoms with Crippen LogP contribution in [0.15, 0.2) is 24.5 Å². The summed E-state index contributed by atoms with van der Waals surface area (Å²) in [4.78, 5) is 21.7. The molecule has 2 saturated heterocycles. The van der Waals surface area contributed by atoms with Crippen LogP contribution < -0.4 is 0 Å². The number of hydrogen-bond acceptors (Lipinski definition) is 3. The minimum atomic E-state index is 0.219. The van der Waals surface area contributed by atoms with Crippen LogP contribution in [0.1, 0.15) is 45.1 Å². The van der Waals surface area contributed by atoms with Crippen LogP contribution in [0.2, 0.25) is 0 Å². The molecule has 0 radical (unpaired) electrons. The van der Waals surface area contributed by atoms with E-state index in [2.05, 4.69) is 34.7 Å². The highest BCUT2D eigenvalue weighted by atomic mass is 16.2. The summed E-state index contributed by atoms with van der Waals surface area (Å²) in [5, 5.41) is 0. The van der Waals surface area contributed by atoms with E-state index >= 15 is 0 Å². The Morgan fingerprint density at radius 1 is 1.25 bits per heavy atom. The Balaban J connectivity index is 1.48. The second-order valence-electron chi connectivity index (χ2n) is 7.76. The Bertz CT molecular complexity index is 523. The highest BCUT2D eigenvalue weighted by Gasteiger charge is 2.32. The molecule has 0 aliphatic carbocycles. The fourth-order valence-electron chi connectivity index (χ4n) is 4.14. The van der Waals surface area contributed by atoms with Crippen molar-refractivity contribution in [2.45, 2.75) is 52.0 Å². The second-order valence-corrected chi connectivity index (χ2v) is 7.76. The van der Waals surface area contributed by atoms with Crippen molar-refractivity contribution < 1.29 is 4.79 Å². The van der Waals surface area contributed by atoms with Crippen molar-refractivity contribution in [3.8, 4) is 0 Å². The average Bonchev–Trinajstić information content (AvgIpc) is 2.63. The van der Waals surface area contributed by atoms with Crippen molar-refractivity contribution >= 4 is 5.91 Å². The summed E-state index contributed by atoms with van der Waals surface area (Å²) in [6, 6.07) is 4.72. The zero-order chi connectivity index (χ0) is 16.9. The average molecular weight is 329 g/mol. The van der Waals surface area contributed by atoms with Gasteiger partial charge in [0.1, 0.15) is 0 Å². The molecule has 2 aliphatic heterocycles. The van der Waals surface area contributed by atoms with Gasteiger partial charge < -0.3 is 9.80 Å². The maximum atomic E-state index is 12.9. The number of carbonyl (C=O) groups excluding carboxylic acids is 1. The van der Waals surface area contributed by atoms with E-state index in [0.29, 0.717) is 17.9 Å². The van der Waals surface area contributed by atoms with Crippen LogP contribution >= 0.6 is 0 Å². The molecule has 0 N–H and O–H groups in total. The van der Waals surface area contributed by atoms with E-state index in [1.165, 1.54) is 5.56 Å². The van der Waals surface area contributed by atoms with Gasteiger partial charge in [-0.15, -0.1) is 0 Å². The maximum absolute atomic E-state index is 12.9. The molecule has 3 heterocycles. The van der Waals surface area contributed by atoms with Gasteiger partial charge in [0, 0.05) is 38.1 Å². The van der Waals surface area contributed by atoms with Crippen LogP contribution in [0, 0.1) is 11.8 Å². The van der Waals surface area contributed by atoms with Crippen molar-refractivity contribution in [1.29, 1.82) is 0 Å². The summed E-state index contributed by atoms with van der Waals surface area (Å²) in [7, 11) is 0. The van der Waals surface area contributed by atoms with Gasteiger partial charge in [-0.3, -0.25) is 9.78 Å². The summed E-state index contributed by atoms with van der Waals surface area (Å²) >= 11 is 0. The molecule has 0 saturated carbocycles. The Morgan fingerprint density at radius 2 is 2.04 bits per heavy atom. The monoisotopic (exact) mass is 329 g/mol. The van der Waals surface area contributed by atoms with Gasteiger partial charge in [-0.25, -0.2) is 0 Å². The maximum Gasteiger partial charge on any atom is 0.226 e. The lowest BCUT2D eigenvalue weighted by Crippen LogP contribution is -2.48. The number of amides is 1. The lowest BCUT2D eigenvalue weighted by molar-refractivity contribution is -0.139. The van der Waals surface area contributed by atoms with Crippen LogP contribution in [-0.4, -0.2) is 52.9 Å². The Labute approximate surface area is 146 Å². The minimum Gasteiger partial charge on any atom is -0.342 e. The van der Waals surface area contributed by atoms with Gasteiger partial charge in [-0.05, 0) is 70.0 Å². The fraction of sp³-hybridized carbons (Fsp3) is 0.700. The minimum absolute atomic E-state index is 0.219. The highest BCUT2D eigenvalue weighted by molar-refractivity contribution is 5.79. The molecule has 1 aromatic rings. The Morgan fingerprint density at radius 3 is 2.71 bits per heavy atom. The molecule has 4 heteroatoms. The molecule has 1 amide bonds. The van der Waals surface area contributed by atoms with Gasteiger partial charge >= 0.3 is 0 Å². The number of rotatable bonds is 4. The first kappa shape index (κ1) is 17.4. The predicted octanol–water partition coefficient (Wildman–Crippen LogP) is 2.98. The summed E-state index contributed by atoms with van der Waals surface area (Å²) in [5.74, 6) is 1.31.